The molecule has 4 nitrogen and oxygen atoms in total. The Hall–Kier alpha value is -1.29. The van der Waals surface area contributed by atoms with Crippen LogP contribution in [0.25, 0.3) is 0 Å². The second-order valence-electron chi connectivity index (χ2n) is 5.69. The van der Waals surface area contributed by atoms with Crippen molar-refractivity contribution in [2.75, 3.05) is 13.1 Å². The van der Waals surface area contributed by atoms with E-state index in [-0.39, 0.29) is 11.8 Å². The first-order valence-corrected chi connectivity index (χ1v) is 7.76. The van der Waals surface area contributed by atoms with Gasteiger partial charge in [0.2, 0.25) is 5.91 Å². The summed E-state index contributed by atoms with van der Waals surface area (Å²) in [5, 5.41) is 3.26. The summed E-state index contributed by atoms with van der Waals surface area (Å²) in [5.41, 5.74) is 0. The number of hydrogen-bond acceptors (Lipinski definition) is 3. The fourth-order valence-electron chi connectivity index (χ4n) is 2.90. The Morgan fingerprint density at radius 3 is 2.85 bits per heavy atom. The van der Waals surface area contributed by atoms with E-state index in [1.807, 2.05) is 24.0 Å². The van der Waals surface area contributed by atoms with Gasteiger partial charge < -0.3 is 14.6 Å². The van der Waals surface area contributed by atoms with Gasteiger partial charge in [0.05, 0.1) is 12.8 Å². The highest BCUT2D eigenvalue weighted by atomic mass is 16.3. The topological polar surface area (TPSA) is 45.5 Å². The van der Waals surface area contributed by atoms with Crippen LogP contribution in [0.15, 0.2) is 22.8 Å². The van der Waals surface area contributed by atoms with Crippen molar-refractivity contribution in [3.63, 3.8) is 0 Å². The minimum atomic E-state index is 0.0190. The third kappa shape index (κ3) is 3.85. The fourth-order valence-corrected chi connectivity index (χ4v) is 2.90. The van der Waals surface area contributed by atoms with Crippen LogP contribution in [0.2, 0.25) is 0 Å². The molecule has 1 heterocycles. The second kappa shape index (κ2) is 7.48. The van der Waals surface area contributed by atoms with Crippen LogP contribution in [0.3, 0.4) is 0 Å². The molecule has 0 radical (unpaired) electrons. The smallest absolute Gasteiger partial charge is 0.227 e. The zero-order valence-corrected chi connectivity index (χ0v) is 12.6. The van der Waals surface area contributed by atoms with E-state index >= 15 is 0 Å². The van der Waals surface area contributed by atoms with Crippen molar-refractivity contribution < 1.29 is 9.21 Å². The number of nitrogens with one attached hydrogen (secondary N) is 1. The normalized spacial score (nSPS) is 17.3. The first kappa shape index (κ1) is 15.1. The van der Waals surface area contributed by atoms with Gasteiger partial charge in [0.15, 0.2) is 0 Å². The molecule has 1 amide bonds. The average Bonchev–Trinajstić information content (AvgIpc) is 3.13. The van der Waals surface area contributed by atoms with Gasteiger partial charge in [0, 0.05) is 18.5 Å². The van der Waals surface area contributed by atoms with Gasteiger partial charge in [-0.15, -0.1) is 0 Å². The standard InChI is InChI=1S/C16H26N2O2/c1-3-17-11-13(2)16(19)18(14-7-4-5-8-14)12-15-9-6-10-20-15/h6,9-10,13-14,17H,3-5,7-8,11-12H2,1-2H3. The zero-order chi connectivity index (χ0) is 14.4. The molecule has 0 aliphatic heterocycles. The number of carbonyl (C=O) groups is 1. The van der Waals surface area contributed by atoms with Crippen LogP contribution < -0.4 is 5.32 Å². The lowest BCUT2D eigenvalue weighted by Crippen LogP contribution is -2.43. The van der Waals surface area contributed by atoms with Crippen LogP contribution in [0.5, 0.6) is 0 Å². The maximum Gasteiger partial charge on any atom is 0.227 e. The summed E-state index contributed by atoms with van der Waals surface area (Å²) in [6, 6.07) is 4.22. The Kier molecular flexibility index (Phi) is 5.65. The van der Waals surface area contributed by atoms with Crippen molar-refractivity contribution in [1.82, 2.24) is 10.2 Å². The molecule has 112 valence electrons. The molecule has 1 aliphatic carbocycles. The molecule has 2 rings (SSSR count). The second-order valence-corrected chi connectivity index (χ2v) is 5.69. The van der Waals surface area contributed by atoms with Crippen molar-refractivity contribution >= 4 is 5.91 Å². The number of nitrogens with zero attached hydrogens (tertiary/aromatic N) is 1. The van der Waals surface area contributed by atoms with Gasteiger partial charge in [0.1, 0.15) is 5.76 Å². The van der Waals surface area contributed by atoms with Crippen molar-refractivity contribution in [2.24, 2.45) is 5.92 Å². The van der Waals surface area contributed by atoms with Gasteiger partial charge in [-0.2, -0.15) is 0 Å². The predicted molar refractivity (Wildman–Crippen MR) is 79.2 cm³/mol. The molecule has 1 unspecified atom stereocenters. The van der Waals surface area contributed by atoms with E-state index in [1.54, 1.807) is 6.26 Å². The molecule has 20 heavy (non-hydrogen) atoms. The summed E-state index contributed by atoms with van der Waals surface area (Å²) in [7, 11) is 0. The summed E-state index contributed by atoms with van der Waals surface area (Å²) < 4.78 is 5.43. The van der Waals surface area contributed by atoms with Crippen molar-refractivity contribution in [2.45, 2.75) is 52.1 Å². The predicted octanol–water partition coefficient (Wildman–Crippen LogP) is 2.80. The van der Waals surface area contributed by atoms with Gasteiger partial charge in [-0.1, -0.05) is 26.7 Å². The molecule has 4 heteroatoms. The maximum absolute atomic E-state index is 12.7. The lowest BCUT2D eigenvalue weighted by atomic mass is 10.1. The molecule has 1 aromatic heterocycles. The number of rotatable bonds is 7. The van der Waals surface area contributed by atoms with Gasteiger partial charge in [-0.05, 0) is 31.5 Å². The van der Waals surface area contributed by atoms with E-state index in [9.17, 15) is 4.79 Å². The summed E-state index contributed by atoms with van der Waals surface area (Å²) in [6.07, 6.45) is 6.39. The SMILES string of the molecule is CCNCC(C)C(=O)N(Cc1ccco1)C1CCCC1. The van der Waals surface area contributed by atoms with Crippen LogP contribution in [0.4, 0.5) is 0 Å². The number of hydrogen-bond donors (Lipinski definition) is 1. The molecule has 0 aromatic carbocycles. The molecule has 1 fully saturated rings. The highest BCUT2D eigenvalue weighted by Crippen LogP contribution is 2.26. The number of furan rings is 1. The van der Waals surface area contributed by atoms with Crippen LogP contribution >= 0.6 is 0 Å². The van der Waals surface area contributed by atoms with Gasteiger partial charge in [0.25, 0.3) is 0 Å². The van der Waals surface area contributed by atoms with E-state index in [1.165, 1.54) is 12.8 Å². The Balaban J connectivity index is 2.02. The summed E-state index contributed by atoms with van der Waals surface area (Å²) >= 11 is 0. The maximum atomic E-state index is 12.7. The number of carbonyl (C=O) groups excluding carboxylic acids is 1. The van der Waals surface area contributed by atoms with Crippen molar-refractivity contribution in [1.29, 1.82) is 0 Å². The van der Waals surface area contributed by atoms with Gasteiger partial charge in [-0.25, -0.2) is 0 Å². The van der Waals surface area contributed by atoms with Crippen molar-refractivity contribution in [3.8, 4) is 0 Å². The quantitative estimate of drug-likeness (QED) is 0.834. The van der Waals surface area contributed by atoms with E-state index < -0.39 is 0 Å². The molecule has 1 aliphatic rings. The van der Waals surface area contributed by atoms with Gasteiger partial charge in [-0.3, -0.25) is 4.79 Å². The van der Waals surface area contributed by atoms with Crippen LogP contribution in [-0.2, 0) is 11.3 Å². The molecular formula is C16H26N2O2. The molecule has 1 N–H and O–H groups in total. The monoisotopic (exact) mass is 278 g/mol. The minimum Gasteiger partial charge on any atom is -0.467 e. The average molecular weight is 278 g/mol. The third-order valence-electron chi connectivity index (χ3n) is 4.08. The molecule has 1 aromatic rings. The number of amides is 1. The Labute approximate surface area is 121 Å². The molecule has 0 saturated heterocycles. The fraction of sp³-hybridized carbons (Fsp3) is 0.688. The first-order chi connectivity index (χ1) is 9.72. The molecule has 1 saturated carbocycles. The van der Waals surface area contributed by atoms with E-state index in [0.717, 1.165) is 31.7 Å². The van der Waals surface area contributed by atoms with E-state index in [0.29, 0.717) is 12.6 Å². The third-order valence-corrected chi connectivity index (χ3v) is 4.08. The summed E-state index contributed by atoms with van der Waals surface area (Å²) in [5.74, 6) is 1.14. The minimum absolute atomic E-state index is 0.0190. The zero-order valence-electron chi connectivity index (χ0n) is 12.6. The molecule has 1 atom stereocenters. The lowest BCUT2D eigenvalue weighted by molar-refractivity contribution is -0.138. The molecule has 0 spiro atoms. The molecular weight excluding hydrogens is 252 g/mol. The van der Waals surface area contributed by atoms with Crippen LogP contribution in [-0.4, -0.2) is 29.9 Å². The first-order valence-electron chi connectivity index (χ1n) is 7.76. The summed E-state index contributed by atoms with van der Waals surface area (Å²) in [4.78, 5) is 14.7. The summed E-state index contributed by atoms with van der Waals surface area (Å²) in [6.45, 7) is 6.33. The Morgan fingerprint density at radius 2 is 2.25 bits per heavy atom. The molecule has 0 bridgehead atoms. The highest BCUT2D eigenvalue weighted by Gasteiger charge is 2.29. The Bertz CT molecular complexity index is 397. The van der Waals surface area contributed by atoms with Gasteiger partial charge >= 0.3 is 0 Å². The van der Waals surface area contributed by atoms with E-state index in [4.69, 9.17) is 4.42 Å². The van der Waals surface area contributed by atoms with Crippen molar-refractivity contribution in [3.05, 3.63) is 24.2 Å². The van der Waals surface area contributed by atoms with E-state index in [2.05, 4.69) is 12.2 Å². The lowest BCUT2D eigenvalue weighted by Gasteiger charge is -2.30. The van der Waals surface area contributed by atoms with Crippen LogP contribution in [0, 0.1) is 5.92 Å². The Morgan fingerprint density at radius 1 is 1.50 bits per heavy atom. The largest absolute Gasteiger partial charge is 0.467 e. The van der Waals surface area contributed by atoms with Crippen LogP contribution in [0.1, 0.15) is 45.3 Å². The highest BCUT2D eigenvalue weighted by molar-refractivity contribution is 5.79.